The number of nitrogens with one attached hydrogen (secondary N) is 1. The van der Waals surface area contributed by atoms with Crippen molar-refractivity contribution in [3.05, 3.63) is 20.8 Å². The first-order valence-electron chi connectivity index (χ1n) is 5.22. The van der Waals surface area contributed by atoms with E-state index in [0.717, 1.165) is 4.47 Å². The van der Waals surface area contributed by atoms with Crippen molar-refractivity contribution in [3.8, 4) is 0 Å². The molecule has 2 nitrogen and oxygen atoms in total. The van der Waals surface area contributed by atoms with Crippen LogP contribution >= 0.6 is 39.0 Å². The number of thiophene rings is 1. The second kappa shape index (κ2) is 7.01. The first-order valence-corrected chi connectivity index (χ1v) is 8.18. The number of aliphatic hydroxyl groups excluding tert-OH is 1. The van der Waals surface area contributed by atoms with Crippen LogP contribution in [0.1, 0.15) is 24.8 Å². The van der Waals surface area contributed by atoms with Crippen LogP contribution in [0, 0.1) is 0 Å². The Labute approximate surface area is 114 Å². The molecule has 3 atom stereocenters. The van der Waals surface area contributed by atoms with Gasteiger partial charge in [-0.2, -0.15) is 11.8 Å². The van der Waals surface area contributed by atoms with Crippen molar-refractivity contribution in [2.24, 2.45) is 0 Å². The van der Waals surface area contributed by atoms with Gasteiger partial charge in [-0.1, -0.05) is 0 Å². The van der Waals surface area contributed by atoms with E-state index >= 15 is 0 Å². The van der Waals surface area contributed by atoms with Gasteiger partial charge in [-0.25, -0.2) is 0 Å². The lowest BCUT2D eigenvalue weighted by Crippen LogP contribution is -2.38. The van der Waals surface area contributed by atoms with E-state index in [1.807, 2.05) is 6.26 Å². The molecular formula is C11H18BrNOS2. The van der Waals surface area contributed by atoms with Crippen molar-refractivity contribution in [1.29, 1.82) is 0 Å². The van der Waals surface area contributed by atoms with Crippen LogP contribution < -0.4 is 5.32 Å². The maximum atomic E-state index is 9.23. The quantitative estimate of drug-likeness (QED) is 0.842. The maximum Gasteiger partial charge on any atom is 0.0564 e. The number of rotatable bonds is 6. The van der Waals surface area contributed by atoms with Crippen LogP contribution in [0.2, 0.25) is 0 Å². The summed E-state index contributed by atoms with van der Waals surface area (Å²) in [7, 11) is 0. The van der Waals surface area contributed by atoms with Crippen LogP contribution in [0.25, 0.3) is 0 Å². The first kappa shape index (κ1) is 14.5. The Morgan fingerprint density at radius 2 is 2.25 bits per heavy atom. The number of hydrogen-bond acceptors (Lipinski definition) is 4. The molecule has 0 amide bonds. The van der Waals surface area contributed by atoms with Crippen molar-refractivity contribution in [1.82, 2.24) is 5.32 Å². The predicted octanol–water partition coefficient (Wildman–Crippen LogP) is 3.27. The number of hydrogen-bond donors (Lipinski definition) is 2. The Balaban J connectivity index is 2.57. The van der Waals surface area contributed by atoms with Crippen molar-refractivity contribution in [2.45, 2.75) is 31.2 Å². The molecule has 0 spiro atoms. The lowest BCUT2D eigenvalue weighted by molar-refractivity contribution is 0.272. The average Bonchev–Trinajstić information content (AvgIpc) is 2.66. The zero-order valence-corrected chi connectivity index (χ0v) is 13.0. The van der Waals surface area contributed by atoms with E-state index in [0.29, 0.717) is 12.1 Å². The minimum atomic E-state index is 0.216. The molecule has 0 bridgehead atoms. The zero-order valence-electron chi connectivity index (χ0n) is 9.74. The van der Waals surface area contributed by atoms with Crippen molar-refractivity contribution < 1.29 is 5.11 Å². The fourth-order valence-electron chi connectivity index (χ4n) is 1.63. The summed E-state index contributed by atoms with van der Waals surface area (Å²) in [5.74, 6) is 0. The van der Waals surface area contributed by atoms with Crippen molar-refractivity contribution in [2.75, 3.05) is 12.9 Å². The van der Waals surface area contributed by atoms with Gasteiger partial charge in [-0.3, -0.25) is 0 Å². The third kappa shape index (κ3) is 3.74. The molecule has 0 radical (unpaired) electrons. The van der Waals surface area contributed by atoms with Crippen LogP contribution in [0.4, 0.5) is 0 Å². The Kier molecular flexibility index (Phi) is 6.36. The molecule has 0 fully saturated rings. The maximum absolute atomic E-state index is 9.23. The van der Waals surface area contributed by atoms with E-state index in [4.69, 9.17) is 0 Å². The van der Waals surface area contributed by atoms with Crippen LogP contribution in [0.5, 0.6) is 0 Å². The topological polar surface area (TPSA) is 32.3 Å². The SMILES string of the molecule is CSC(CO)C(C)NC(C)c1sccc1Br. The van der Waals surface area contributed by atoms with E-state index < -0.39 is 0 Å². The molecule has 1 heterocycles. The molecule has 0 aromatic carbocycles. The fraction of sp³-hybridized carbons (Fsp3) is 0.636. The highest BCUT2D eigenvalue weighted by atomic mass is 79.9. The number of aliphatic hydroxyl groups is 1. The van der Waals surface area contributed by atoms with E-state index in [1.54, 1.807) is 23.1 Å². The van der Waals surface area contributed by atoms with Crippen molar-refractivity contribution in [3.63, 3.8) is 0 Å². The van der Waals surface area contributed by atoms with Gasteiger partial charge in [0.05, 0.1) is 6.61 Å². The van der Waals surface area contributed by atoms with Crippen LogP contribution in [-0.4, -0.2) is 29.3 Å². The number of halogens is 1. The molecule has 3 unspecified atom stereocenters. The highest BCUT2D eigenvalue weighted by Gasteiger charge is 2.19. The minimum Gasteiger partial charge on any atom is -0.395 e. The summed E-state index contributed by atoms with van der Waals surface area (Å²) >= 11 is 6.99. The number of thioether (sulfide) groups is 1. The molecule has 0 saturated heterocycles. The average molecular weight is 324 g/mol. The third-order valence-corrected chi connectivity index (χ3v) is 5.81. The van der Waals surface area contributed by atoms with E-state index in [-0.39, 0.29) is 11.9 Å². The van der Waals surface area contributed by atoms with E-state index in [1.165, 1.54) is 4.88 Å². The van der Waals surface area contributed by atoms with Gasteiger partial charge in [0.1, 0.15) is 0 Å². The highest BCUT2D eigenvalue weighted by molar-refractivity contribution is 9.10. The van der Waals surface area contributed by atoms with E-state index in [2.05, 4.69) is 46.5 Å². The molecule has 1 rings (SSSR count). The molecule has 1 aromatic rings. The Hall–Kier alpha value is 0.450. The fourth-order valence-corrected chi connectivity index (χ4v) is 4.00. The largest absolute Gasteiger partial charge is 0.395 e. The molecule has 1 aromatic heterocycles. The van der Waals surface area contributed by atoms with Gasteiger partial charge in [-0.05, 0) is 47.5 Å². The highest BCUT2D eigenvalue weighted by Crippen LogP contribution is 2.29. The molecule has 0 aliphatic carbocycles. The van der Waals surface area contributed by atoms with E-state index in [9.17, 15) is 5.11 Å². The molecule has 92 valence electrons. The molecule has 0 aliphatic heterocycles. The normalized spacial score (nSPS) is 17.1. The lowest BCUT2D eigenvalue weighted by Gasteiger charge is -2.25. The van der Waals surface area contributed by atoms with Gasteiger partial charge in [0.2, 0.25) is 0 Å². The molecule has 0 saturated carbocycles. The standard InChI is InChI=1S/C11H18BrNOS2/c1-7(10(6-14)15-3)13-8(2)11-9(12)4-5-16-11/h4-5,7-8,10,13-14H,6H2,1-3H3. The van der Waals surface area contributed by atoms with Gasteiger partial charge in [0.25, 0.3) is 0 Å². The lowest BCUT2D eigenvalue weighted by atomic mass is 10.2. The Bertz CT molecular complexity index is 315. The Morgan fingerprint density at radius 3 is 2.69 bits per heavy atom. The summed E-state index contributed by atoms with van der Waals surface area (Å²) in [6.45, 7) is 4.49. The van der Waals surface area contributed by atoms with Crippen molar-refractivity contribution >= 4 is 39.0 Å². The van der Waals surface area contributed by atoms with Gasteiger partial charge >= 0.3 is 0 Å². The third-order valence-electron chi connectivity index (χ3n) is 2.59. The molecule has 16 heavy (non-hydrogen) atoms. The minimum absolute atomic E-state index is 0.216. The summed E-state index contributed by atoms with van der Waals surface area (Å²) in [4.78, 5) is 1.31. The summed E-state index contributed by atoms with van der Waals surface area (Å²) in [5, 5.41) is 15.1. The van der Waals surface area contributed by atoms with Crippen LogP contribution in [0.3, 0.4) is 0 Å². The van der Waals surface area contributed by atoms with Crippen LogP contribution in [-0.2, 0) is 0 Å². The zero-order chi connectivity index (χ0) is 12.1. The predicted molar refractivity (Wildman–Crippen MR) is 77.4 cm³/mol. The monoisotopic (exact) mass is 323 g/mol. The summed E-state index contributed by atoms with van der Waals surface area (Å²) in [5.41, 5.74) is 0. The van der Waals surface area contributed by atoms with Gasteiger partial charge in [0.15, 0.2) is 0 Å². The summed E-state index contributed by atoms with van der Waals surface area (Å²) < 4.78 is 1.16. The van der Waals surface area contributed by atoms with Gasteiger partial charge in [-0.15, -0.1) is 11.3 Å². The smallest absolute Gasteiger partial charge is 0.0564 e. The molecule has 0 aliphatic rings. The first-order chi connectivity index (χ1) is 7.60. The second-order valence-corrected chi connectivity index (χ2v) is 6.65. The summed E-state index contributed by atoms with van der Waals surface area (Å²) in [6.07, 6.45) is 2.03. The summed E-state index contributed by atoms with van der Waals surface area (Å²) in [6, 6.07) is 2.68. The Morgan fingerprint density at radius 1 is 1.56 bits per heavy atom. The molecular weight excluding hydrogens is 306 g/mol. The second-order valence-electron chi connectivity index (χ2n) is 3.77. The van der Waals surface area contributed by atoms with Gasteiger partial charge in [0, 0.05) is 26.7 Å². The molecule has 5 heteroatoms. The van der Waals surface area contributed by atoms with Gasteiger partial charge < -0.3 is 10.4 Å². The molecule has 2 N–H and O–H groups in total. The van der Waals surface area contributed by atoms with Crippen LogP contribution in [0.15, 0.2) is 15.9 Å².